The zero-order valence-electron chi connectivity index (χ0n) is 23.6. The van der Waals surface area contributed by atoms with E-state index in [2.05, 4.69) is 21.5 Å². The Hall–Kier alpha value is -3.87. The van der Waals surface area contributed by atoms with Crippen LogP contribution in [0.3, 0.4) is 0 Å². The molecule has 1 amide bonds. The third-order valence-electron chi connectivity index (χ3n) is 8.19. The van der Waals surface area contributed by atoms with Gasteiger partial charge in [0.2, 0.25) is 5.91 Å². The van der Waals surface area contributed by atoms with Gasteiger partial charge in [0.05, 0.1) is 48.7 Å². The number of rotatable bonds is 6. The molecule has 228 valence electrons. The van der Waals surface area contributed by atoms with Crippen molar-refractivity contribution in [2.24, 2.45) is 0 Å². The van der Waals surface area contributed by atoms with Gasteiger partial charge in [-0.3, -0.25) is 9.78 Å². The number of hydrogen-bond donors (Lipinski definition) is 0. The number of pyridine rings is 2. The number of benzene rings is 1. The van der Waals surface area contributed by atoms with Gasteiger partial charge in [-0.25, -0.2) is 27.2 Å². The van der Waals surface area contributed by atoms with Gasteiger partial charge >= 0.3 is 5.69 Å². The molecule has 6 rings (SSSR count). The quantitative estimate of drug-likeness (QED) is 0.271. The molecule has 3 aromatic heterocycles. The number of halogens is 3. The van der Waals surface area contributed by atoms with Gasteiger partial charge in [0.1, 0.15) is 11.6 Å². The van der Waals surface area contributed by atoms with Gasteiger partial charge < -0.3 is 9.80 Å². The summed E-state index contributed by atoms with van der Waals surface area (Å²) in [4.78, 5) is 42.9. The van der Waals surface area contributed by atoms with Gasteiger partial charge in [-0.1, -0.05) is 42.3 Å². The molecule has 10 nitrogen and oxygen atoms in total. The second kappa shape index (κ2) is 11.6. The van der Waals surface area contributed by atoms with Crippen LogP contribution in [-0.2, 0) is 14.6 Å². The lowest BCUT2D eigenvalue weighted by Gasteiger charge is -2.40. The van der Waals surface area contributed by atoms with Crippen LogP contribution in [0.4, 0.5) is 10.2 Å². The summed E-state index contributed by atoms with van der Waals surface area (Å²) < 4.78 is 43.5. The molecule has 14 heteroatoms. The molecule has 1 atom stereocenters. The standard InChI is InChI=1S/C30H27Cl2FN6O4S/c1-3-25(40)37-12-13-38(17(2)16-37)28-19-14-21(32)27(26-20(31)8-5-9-22(26)33)35-29(19)39(30(41)36-28)23-15-34-11-10-24(23)44(42,43)18-6-4-7-18/h3,5,8-11,14-15,17-18H,1,4,6-7,12-13,16H2,2H3/t17-/m0/s1. The number of carbonyl (C=O) groups excluding carboxylic acids is 1. The van der Waals surface area contributed by atoms with Crippen LogP contribution in [0.2, 0.25) is 10.0 Å². The van der Waals surface area contributed by atoms with Crippen LogP contribution < -0.4 is 10.6 Å². The molecule has 2 fully saturated rings. The van der Waals surface area contributed by atoms with Crippen molar-refractivity contribution in [1.82, 2.24) is 24.4 Å². The Kier molecular flexibility index (Phi) is 7.93. The first kappa shape index (κ1) is 30.2. The molecule has 1 saturated carbocycles. The fourth-order valence-corrected chi connectivity index (χ4v) is 8.18. The number of aromatic nitrogens is 4. The van der Waals surface area contributed by atoms with Crippen LogP contribution in [0.5, 0.6) is 0 Å². The van der Waals surface area contributed by atoms with Gasteiger partial charge in [0.25, 0.3) is 0 Å². The number of piperazine rings is 1. The maximum atomic E-state index is 15.1. The van der Waals surface area contributed by atoms with Crippen molar-refractivity contribution in [1.29, 1.82) is 0 Å². The normalized spacial score (nSPS) is 17.5. The molecular formula is C30H27Cl2FN6O4S. The number of sulfone groups is 1. The third-order valence-corrected chi connectivity index (χ3v) is 11.1. The zero-order chi connectivity index (χ0) is 31.3. The van der Waals surface area contributed by atoms with Crippen molar-refractivity contribution < 1.29 is 17.6 Å². The van der Waals surface area contributed by atoms with Crippen LogP contribution in [-0.4, -0.2) is 69.7 Å². The Bertz CT molecular complexity index is 1980. The average Bonchev–Trinajstić information content (AvgIpc) is 2.96. The van der Waals surface area contributed by atoms with E-state index in [1.165, 1.54) is 48.8 Å². The maximum Gasteiger partial charge on any atom is 0.355 e. The van der Waals surface area contributed by atoms with Gasteiger partial charge in [0.15, 0.2) is 15.5 Å². The van der Waals surface area contributed by atoms with E-state index in [1.54, 1.807) is 4.90 Å². The minimum Gasteiger partial charge on any atom is -0.350 e. The monoisotopic (exact) mass is 656 g/mol. The molecule has 0 spiro atoms. The Morgan fingerprint density at radius 3 is 2.57 bits per heavy atom. The number of carbonyl (C=O) groups is 1. The number of fused-ring (bicyclic) bond motifs is 1. The van der Waals surface area contributed by atoms with Crippen LogP contribution in [0.25, 0.3) is 28.0 Å². The second-order valence-corrected chi connectivity index (χ2v) is 13.8. The lowest BCUT2D eigenvalue weighted by molar-refractivity contribution is -0.126. The summed E-state index contributed by atoms with van der Waals surface area (Å²) in [7, 11) is -3.82. The number of nitrogens with zero attached hydrogens (tertiary/aromatic N) is 6. The lowest BCUT2D eigenvalue weighted by atomic mass is 10.00. The molecule has 2 aliphatic rings. The summed E-state index contributed by atoms with van der Waals surface area (Å²) in [6, 6.07) is 6.75. The minimum absolute atomic E-state index is 0.00595. The molecule has 0 radical (unpaired) electrons. The van der Waals surface area contributed by atoms with Crippen molar-refractivity contribution >= 4 is 55.8 Å². The highest BCUT2D eigenvalue weighted by Gasteiger charge is 2.36. The van der Waals surface area contributed by atoms with E-state index in [0.717, 1.165) is 11.0 Å². The fourth-order valence-electron chi connectivity index (χ4n) is 5.69. The highest BCUT2D eigenvalue weighted by atomic mass is 35.5. The Morgan fingerprint density at radius 2 is 1.91 bits per heavy atom. The average molecular weight is 658 g/mol. The van der Waals surface area contributed by atoms with Gasteiger partial charge in [-0.2, -0.15) is 4.98 Å². The molecule has 0 N–H and O–H groups in total. The summed E-state index contributed by atoms with van der Waals surface area (Å²) in [6.07, 6.45) is 5.70. The Morgan fingerprint density at radius 1 is 1.14 bits per heavy atom. The second-order valence-electron chi connectivity index (χ2n) is 10.8. The fraction of sp³-hybridized carbons (Fsp3) is 0.300. The summed E-state index contributed by atoms with van der Waals surface area (Å²) in [5, 5.41) is -0.173. The highest BCUT2D eigenvalue weighted by Crippen LogP contribution is 2.39. The smallest absolute Gasteiger partial charge is 0.350 e. The van der Waals surface area contributed by atoms with Crippen molar-refractivity contribution in [3.63, 3.8) is 0 Å². The zero-order valence-corrected chi connectivity index (χ0v) is 25.9. The summed E-state index contributed by atoms with van der Waals surface area (Å²) >= 11 is 13.1. The summed E-state index contributed by atoms with van der Waals surface area (Å²) in [5.41, 5.74) is -0.953. The lowest BCUT2D eigenvalue weighted by Crippen LogP contribution is -2.54. The Labute approximate surface area is 262 Å². The molecule has 1 aliphatic carbocycles. The molecule has 4 aromatic rings. The van der Waals surface area contributed by atoms with Crippen LogP contribution >= 0.6 is 23.2 Å². The van der Waals surface area contributed by atoms with E-state index in [0.29, 0.717) is 37.9 Å². The minimum atomic E-state index is -3.82. The van der Waals surface area contributed by atoms with E-state index in [9.17, 15) is 18.0 Å². The van der Waals surface area contributed by atoms with E-state index >= 15 is 4.39 Å². The summed E-state index contributed by atoms with van der Waals surface area (Å²) in [5.74, 6) is -0.648. The first-order valence-corrected chi connectivity index (χ1v) is 16.3. The molecule has 0 unspecified atom stereocenters. The van der Waals surface area contributed by atoms with Crippen molar-refractivity contribution in [3.8, 4) is 16.9 Å². The predicted octanol–water partition coefficient (Wildman–Crippen LogP) is 4.84. The number of anilines is 1. The van der Waals surface area contributed by atoms with Crippen LogP contribution in [0.1, 0.15) is 26.2 Å². The molecule has 1 aliphatic heterocycles. The first-order chi connectivity index (χ1) is 21.0. The van der Waals surface area contributed by atoms with Crippen LogP contribution in [0, 0.1) is 5.82 Å². The maximum absolute atomic E-state index is 15.1. The predicted molar refractivity (Wildman–Crippen MR) is 167 cm³/mol. The number of amides is 1. The van der Waals surface area contributed by atoms with Crippen LogP contribution in [0.15, 0.2) is 65.1 Å². The van der Waals surface area contributed by atoms with Gasteiger partial charge in [-0.15, -0.1) is 0 Å². The highest BCUT2D eigenvalue weighted by molar-refractivity contribution is 7.92. The van der Waals surface area contributed by atoms with E-state index in [4.69, 9.17) is 23.2 Å². The van der Waals surface area contributed by atoms with Crippen molar-refractivity contribution in [2.45, 2.75) is 42.4 Å². The Balaban J connectivity index is 1.63. The molecule has 0 bridgehead atoms. The molecule has 44 heavy (non-hydrogen) atoms. The SMILES string of the molecule is C=CC(=O)N1CCN(c2nc(=O)n(-c3cnccc3S(=O)(=O)C3CCC3)c3nc(-c4c(F)cccc4Cl)c(Cl)cc23)[C@@H](C)C1. The molecule has 1 aromatic carbocycles. The molecule has 4 heterocycles. The van der Waals surface area contributed by atoms with Gasteiger partial charge in [-0.05, 0) is 50.1 Å². The third kappa shape index (κ3) is 5.04. The molecular weight excluding hydrogens is 630 g/mol. The van der Waals surface area contributed by atoms with Crippen molar-refractivity contribution in [3.05, 3.63) is 81.7 Å². The number of hydrogen-bond acceptors (Lipinski definition) is 8. The van der Waals surface area contributed by atoms with E-state index in [-0.39, 0.29) is 55.3 Å². The molecule has 1 saturated heterocycles. The first-order valence-electron chi connectivity index (χ1n) is 14.0. The van der Waals surface area contributed by atoms with E-state index in [1.807, 2.05) is 11.8 Å². The van der Waals surface area contributed by atoms with Crippen molar-refractivity contribution in [2.75, 3.05) is 24.5 Å². The summed E-state index contributed by atoms with van der Waals surface area (Å²) in [6.45, 7) is 6.46. The van der Waals surface area contributed by atoms with Gasteiger partial charge in [0, 0.05) is 31.9 Å². The topological polar surface area (TPSA) is 118 Å². The largest absolute Gasteiger partial charge is 0.355 e. The van der Waals surface area contributed by atoms with E-state index < -0.39 is 26.6 Å².